The molecule has 0 saturated carbocycles. The number of nitrogens with one attached hydrogen (secondary N) is 1. The molecule has 1 aromatic heterocycles. The Morgan fingerprint density at radius 2 is 1.42 bits per heavy atom. The molecule has 2 aliphatic heterocycles. The van der Waals surface area contributed by atoms with Crippen LogP contribution in [0.4, 0.5) is 28.4 Å². The van der Waals surface area contributed by atoms with Crippen molar-refractivity contribution in [3.8, 4) is 0 Å². The Morgan fingerprint density at radius 1 is 0.677 bits per heavy atom. The van der Waals surface area contributed by atoms with Crippen LogP contribution in [0.15, 0.2) is 92.2 Å². The van der Waals surface area contributed by atoms with Crippen LogP contribution in [0.5, 0.6) is 0 Å². The molecular formula is C25H15Br2N3O. The van der Waals surface area contributed by atoms with E-state index in [1.807, 2.05) is 12.1 Å². The van der Waals surface area contributed by atoms with Crippen LogP contribution in [0.2, 0.25) is 0 Å². The maximum absolute atomic E-state index is 6.08. The Bertz CT molecular complexity index is 1530. The van der Waals surface area contributed by atoms with Crippen LogP contribution in [0, 0.1) is 0 Å². The van der Waals surface area contributed by atoms with Gasteiger partial charge in [-0.2, -0.15) is 0 Å². The topological polar surface area (TPSA) is 31.6 Å². The predicted octanol–water partition coefficient (Wildman–Crippen LogP) is 8.11. The molecule has 0 fully saturated rings. The lowest BCUT2D eigenvalue weighted by atomic mass is 10.1. The van der Waals surface area contributed by atoms with Gasteiger partial charge in [0.2, 0.25) is 0 Å². The highest BCUT2D eigenvalue weighted by atomic mass is 79.9. The molecular weight excluding hydrogens is 518 g/mol. The summed E-state index contributed by atoms with van der Waals surface area (Å²) in [5.41, 5.74) is 7.59. The minimum atomic E-state index is -0.0240. The van der Waals surface area contributed by atoms with Crippen molar-refractivity contribution >= 4 is 82.2 Å². The Kier molecular flexibility index (Phi) is 3.58. The van der Waals surface area contributed by atoms with Crippen LogP contribution in [-0.2, 0) is 0 Å². The summed E-state index contributed by atoms with van der Waals surface area (Å²) in [6.45, 7) is 0. The van der Waals surface area contributed by atoms with Crippen molar-refractivity contribution in [1.82, 2.24) is 0 Å². The van der Waals surface area contributed by atoms with Gasteiger partial charge >= 0.3 is 0 Å². The molecule has 0 bridgehead atoms. The average Bonchev–Trinajstić information content (AvgIpc) is 3.41. The SMILES string of the molecule is Brc1ccc2c(c1)N1c3ccccc3NC1N2c1ccc2oc3ccc(Br)cc3c2c1. The summed E-state index contributed by atoms with van der Waals surface area (Å²) in [5, 5.41) is 5.93. The van der Waals surface area contributed by atoms with Gasteiger partial charge < -0.3 is 14.6 Å². The van der Waals surface area contributed by atoms with Gasteiger partial charge in [0.05, 0.1) is 22.7 Å². The van der Waals surface area contributed by atoms with E-state index in [0.717, 1.165) is 42.3 Å². The number of hydrogen-bond donors (Lipinski definition) is 1. The zero-order valence-corrected chi connectivity index (χ0v) is 19.3. The van der Waals surface area contributed by atoms with Crippen molar-refractivity contribution in [3.05, 3.63) is 87.8 Å². The molecule has 6 heteroatoms. The summed E-state index contributed by atoms with van der Waals surface area (Å²) in [6.07, 6.45) is -0.0240. The smallest absolute Gasteiger partial charge is 0.187 e. The van der Waals surface area contributed by atoms with Gasteiger partial charge in [-0.3, -0.25) is 4.90 Å². The molecule has 2 aliphatic rings. The highest BCUT2D eigenvalue weighted by Crippen LogP contribution is 2.53. The van der Waals surface area contributed by atoms with Crippen LogP contribution in [0.1, 0.15) is 0 Å². The standard InChI is InChI=1S/C25H15Br2N3O/c26-14-6-9-23-17(11-14)18-13-16(7-10-24(18)31-23)29-21-8-5-15(27)12-22(21)30-20-4-2-1-3-19(20)28-25(29)30/h1-13,25,28H. The van der Waals surface area contributed by atoms with Crippen LogP contribution in [-0.4, -0.2) is 6.29 Å². The summed E-state index contributed by atoms with van der Waals surface area (Å²) >= 11 is 7.25. The maximum Gasteiger partial charge on any atom is 0.187 e. The van der Waals surface area contributed by atoms with Gasteiger partial charge in [0.15, 0.2) is 6.29 Å². The first-order chi connectivity index (χ1) is 15.2. The van der Waals surface area contributed by atoms with E-state index in [2.05, 4.69) is 114 Å². The zero-order chi connectivity index (χ0) is 20.7. The van der Waals surface area contributed by atoms with E-state index in [-0.39, 0.29) is 6.29 Å². The minimum absolute atomic E-state index is 0.0240. The van der Waals surface area contributed by atoms with E-state index in [4.69, 9.17) is 4.42 Å². The molecule has 1 N–H and O–H groups in total. The first-order valence-electron chi connectivity index (χ1n) is 10.0. The largest absolute Gasteiger partial charge is 0.456 e. The van der Waals surface area contributed by atoms with Crippen molar-refractivity contribution < 1.29 is 4.42 Å². The molecule has 1 unspecified atom stereocenters. The molecule has 3 heterocycles. The summed E-state index contributed by atoms with van der Waals surface area (Å²) in [5.74, 6) is 0. The van der Waals surface area contributed by atoms with Crippen molar-refractivity contribution in [2.45, 2.75) is 6.29 Å². The number of rotatable bonds is 1. The van der Waals surface area contributed by atoms with Crippen LogP contribution >= 0.6 is 31.9 Å². The van der Waals surface area contributed by atoms with E-state index in [0.29, 0.717) is 0 Å². The molecule has 0 amide bonds. The lowest BCUT2D eigenvalue weighted by Crippen LogP contribution is -2.40. The van der Waals surface area contributed by atoms with Gasteiger partial charge in [0.1, 0.15) is 11.2 Å². The van der Waals surface area contributed by atoms with Crippen LogP contribution in [0.25, 0.3) is 21.9 Å². The number of furan rings is 1. The van der Waals surface area contributed by atoms with Gasteiger partial charge in [-0.25, -0.2) is 0 Å². The number of anilines is 5. The first-order valence-corrected chi connectivity index (χ1v) is 11.6. The highest BCUT2D eigenvalue weighted by Gasteiger charge is 2.42. The normalized spacial score (nSPS) is 16.5. The number of para-hydroxylation sites is 2. The molecule has 0 spiro atoms. The number of nitrogens with zero attached hydrogens (tertiary/aromatic N) is 2. The quantitative estimate of drug-likeness (QED) is 0.236. The molecule has 4 aromatic carbocycles. The van der Waals surface area contributed by atoms with E-state index >= 15 is 0 Å². The molecule has 7 rings (SSSR count). The minimum Gasteiger partial charge on any atom is -0.456 e. The molecule has 31 heavy (non-hydrogen) atoms. The van der Waals surface area contributed by atoms with Gasteiger partial charge in [0, 0.05) is 25.4 Å². The highest BCUT2D eigenvalue weighted by molar-refractivity contribution is 9.10. The van der Waals surface area contributed by atoms with Crippen molar-refractivity contribution in [2.24, 2.45) is 0 Å². The van der Waals surface area contributed by atoms with E-state index in [1.54, 1.807) is 0 Å². The van der Waals surface area contributed by atoms with Gasteiger partial charge in [0.25, 0.3) is 0 Å². The Labute approximate surface area is 195 Å². The number of hydrogen-bond acceptors (Lipinski definition) is 4. The maximum atomic E-state index is 6.08. The molecule has 5 aromatic rings. The lowest BCUT2D eigenvalue weighted by molar-refractivity contribution is 0.669. The Hall–Kier alpha value is -2.96. The molecule has 1 atom stereocenters. The third-order valence-corrected chi connectivity index (χ3v) is 7.07. The van der Waals surface area contributed by atoms with E-state index in [1.165, 1.54) is 17.1 Å². The van der Waals surface area contributed by atoms with Gasteiger partial charge in [-0.15, -0.1) is 0 Å². The van der Waals surface area contributed by atoms with Crippen LogP contribution < -0.4 is 15.1 Å². The number of benzene rings is 4. The van der Waals surface area contributed by atoms with Crippen molar-refractivity contribution in [1.29, 1.82) is 0 Å². The first kappa shape index (κ1) is 17.7. The zero-order valence-electron chi connectivity index (χ0n) is 16.1. The lowest BCUT2D eigenvalue weighted by Gasteiger charge is -2.27. The summed E-state index contributed by atoms with van der Waals surface area (Å²) in [7, 11) is 0. The summed E-state index contributed by atoms with van der Waals surface area (Å²) < 4.78 is 8.19. The number of fused-ring (bicyclic) bond motifs is 8. The molecule has 150 valence electrons. The molecule has 0 aliphatic carbocycles. The van der Waals surface area contributed by atoms with Crippen molar-refractivity contribution in [2.75, 3.05) is 15.1 Å². The third kappa shape index (κ3) is 2.46. The fraction of sp³-hybridized carbons (Fsp3) is 0.0400. The van der Waals surface area contributed by atoms with Gasteiger partial charge in [-0.1, -0.05) is 44.0 Å². The third-order valence-electron chi connectivity index (χ3n) is 6.09. The van der Waals surface area contributed by atoms with E-state index in [9.17, 15) is 0 Å². The second-order valence-electron chi connectivity index (χ2n) is 7.83. The van der Waals surface area contributed by atoms with Crippen molar-refractivity contribution in [3.63, 3.8) is 0 Å². The molecule has 0 radical (unpaired) electrons. The fourth-order valence-electron chi connectivity index (χ4n) is 4.78. The summed E-state index contributed by atoms with van der Waals surface area (Å²) in [6, 6.07) is 27.5. The predicted molar refractivity (Wildman–Crippen MR) is 134 cm³/mol. The van der Waals surface area contributed by atoms with Gasteiger partial charge in [-0.05, 0) is 66.7 Å². The Balaban J connectivity index is 1.46. The second kappa shape index (κ2) is 6.28. The second-order valence-corrected chi connectivity index (χ2v) is 9.66. The molecule has 4 nitrogen and oxygen atoms in total. The average molecular weight is 533 g/mol. The number of halogens is 2. The van der Waals surface area contributed by atoms with E-state index < -0.39 is 0 Å². The Morgan fingerprint density at radius 3 is 2.32 bits per heavy atom. The molecule has 0 saturated heterocycles. The monoisotopic (exact) mass is 531 g/mol. The fourth-order valence-corrected chi connectivity index (χ4v) is 5.49. The van der Waals surface area contributed by atoms with Crippen LogP contribution in [0.3, 0.4) is 0 Å². The summed E-state index contributed by atoms with van der Waals surface area (Å²) in [4.78, 5) is 4.72.